The molecule has 4 heteroatoms. The molecule has 0 atom stereocenters. The third-order valence-corrected chi connectivity index (χ3v) is 5.24. The molecule has 0 radical (unpaired) electrons. The Balaban J connectivity index is 1.39. The summed E-state index contributed by atoms with van der Waals surface area (Å²) in [6.45, 7) is 3.47. The average molecular weight is 327 g/mol. The molecule has 1 fully saturated rings. The summed E-state index contributed by atoms with van der Waals surface area (Å²) in [6, 6.07) is 8.15. The maximum Gasteiger partial charge on any atom is 0.220 e. The molecule has 0 saturated heterocycles. The van der Waals surface area contributed by atoms with Gasteiger partial charge in [-0.1, -0.05) is 44.2 Å². The Kier molecular flexibility index (Phi) is 5.89. The zero-order chi connectivity index (χ0) is 16.8. The number of benzene rings is 1. The normalized spacial score (nSPS) is 15.7. The van der Waals surface area contributed by atoms with Gasteiger partial charge >= 0.3 is 0 Å². The van der Waals surface area contributed by atoms with Crippen LogP contribution in [0.4, 0.5) is 0 Å². The van der Waals surface area contributed by atoms with E-state index in [1.165, 1.54) is 38.5 Å². The number of imidazole rings is 1. The van der Waals surface area contributed by atoms with Gasteiger partial charge in [-0.25, -0.2) is 4.98 Å². The minimum atomic E-state index is 0.188. The van der Waals surface area contributed by atoms with E-state index in [2.05, 4.69) is 20.9 Å². The molecule has 1 aliphatic rings. The van der Waals surface area contributed by atoms with Crippen LogP contribution in [0, 0.1) is 12.8 Å². The molecule has 24 heavy (non-hydrogen) atoms. The van der Waals surface area contributed by atoms with Gasteiger partial charge in [0.1, 0.15) is 5.82 Å². The van der Waals surface area contributed by atoms with E-state index in [1.54, 1.807) is 0 Å². The largest absolute Gasteiger partial charge is 0.354 e. The topological polar surface area (TPSA) is 46.9 Å². The summed E-state index contributed by atoms with van der Waals surface area (Å²) in [5, 5.41) is 3.06. The lowest BCUT2D eigenvalue weighted by Crippen LogP contribution is -2.27. The molecule has 0 bridgehead atoms. The van der Waals surface area contributed by atoms with Gasteiger partial charge in [0, 0.05) is 19.5 Å². The number of fused-ring (bicyclic) bond motifs is 1. The molecule has 130 valence electrons. The summed E-state index contributed by atoms with van der Waals surface area (Å²) in [7, 11) is 0. The van der Waals surface area contributed by atoms with E-state index < -0.39 is 0 Å². The summed E-state index contributed by atoms with van der Waals surface area (Å²) in [4.78, 5) is 16.6. The number of hydrogen-bond donors (Lipinski definition) is 1. The highest BCUT2D eigenvalue weighted by Gasteiger charge is 2.13. The molecular weight excluding hydrogens is 298 g/mol. The molecule has 0 aliphatic heterocycles. The number of para-hydroxylation sites is 2. The molecule has 1 N–H and O–H groups in total. The Labute approximate surface area is 144 Å². The lowest BCUT2D eigenvalue weighted by atomic mass is 9.86. The zero-order valence-corrected chi connectivity index (χ0v) is 14.8. The molecule has 3 rings (SSSR count). The first-order chi connectivity index (χ1) is 11.7. The second-order valence-corrected chi connectivity index (χ2v) is 7.05. The van der Waals surface area contributed by atoms with Crippen molar-refractivity contribution < 1.29 is 4.79 Å². The SMILES string of the molecule is Cc1nc2ccccc2n1CCNC(=O)CCCC1CCCCC1. The Morgan fingerprint density at radius 2 is 2.04 bits per heavy atom. The summed E-state index contributed by atoms with van der Waals surface area (Å²) >= 11 is 0. The third kappa shape index (κ3) is 4.37. The van der Waals surface area contributed by atoms with Crippen molar-refractivity contribution in [2.24, 2.45) is 5.92 Å². The van der Waals surface area contributed by atoms with E-state index >= 15 is 0 Å². The fourth-order valence-electron chi connectivity index (χ4n) is 3.90. The summed E-state index contributed by atoms with van der Waals surface area (Å²) in [6.07, 6.45) is 9.83. The Morgan fingerprint density at radius 3 is 2.88 bits per heavy atom. The molecule has 1 amide bonds. The Hall–Kier alpha value is -1.84. The highest BCUT2D eigenvalue weighted by molar-refractivity contribution is 5.76. The molecule has 2 aromatic rings. The second kappa shape index (κ2) is 8.32. The average Bonchev–Trinajstić information content (AvgIpc) is 2.92. The second-order valence-electron chi connectivity index (χ2n) is 7.05. The first kappa shape index (κ1) is 17.0. The number of aromatic nitrogens is 2. The van der Waals surface area contributed by atoms with E-state index in [0.29, 0.717) is 13.0 Å². The monoisotopic (exact) mass is 327 g/mol. The molecule has 1 heterocycles. The van der Waals surface area contributed by atoms with Gasteiger partial charge in [-0.15, -0.1) is 0 Å². The number of amides is 1. The number of carbonyl (C=O) groups is 1. The van der Waals surface area contributed by atoms with Crippen molar-refractivity contribution in [2.75, 3.05) is 6.54 Å². The van der Waals surface area contributed by atoms with Crippen LogP contribution in [0.3, 0.4) is 0 Å². The van der Waals surface area contributed by atoms with Crippen molar-refractivity contribution in [1.29, 1.82) is 0 Å². The summed E-state index contributed by atoms with van der Waals surface area (Å²) < 4.78 is 2.18. The smallest absolute Gasteiger partial charge is 0.220 e. The number of rotatable bonds is 7. The van der Waals surface area contributed by atoms with Gasteiger partial charge in [-0.3, -0.25) is 4.79 Å². The molecule has 1 saturated carbocycles. The van der Waals surface area contributed by atoms with Gasteiger partial charge in [-0.05, 0) is 37.8 Å². The van der Waals surface area contributed by atoms with Crippen LogP contribution in [0.5, 0.6) is 0 Å². The van der Waals surface area contributed by atoms with Gasteiger partial charge in [0.15, 0.2) is 0 Å². The summed E-state index contributed by atoms with van der Waals surface area (Å²) in [5.74, 6) is 2.06. The van der Waals surface area contributed by atoms with Crippen molar-refractivity contribution in [1.82, 2.24) is 14.9 Å². The highest BCUT2D eigenvalue weighted by Crippen LogP contribution is 2.27. The standard InChI is InChI=1S/C20H29N3O/c1-16-22-18-11-5-6-12-19(18)23(16)15-14-21-20(24)13-7-10-17-8-3-2-4-9-17/h5-6,11-12,17H,2-4,7-10,13-15H2,1H3,(H,21,24). The fraction of sp³-hybridized carbons (Fsp3) is 0.600. The Bertz CT molecular complexity index is 671. The van der Waals surface area contributed by atoms with Crippen LogP contribution >= 0.6 is 0 Å². The molecule has 1 aromatic carbocycles. The van der Waals surface area contributed by atoms with E-state index in [0.717, 1.165) is 35.7 Å². The van der Waals surface area contributed by atoms with Crippen LogP contribution in [-0.4, -0.2) is 22.0 Å². The van der Waals surface area contributed by atoms with Crippen molar-refractivity contribution in [2.45, 2.75) is 64.8 Å². The van der Waals surface area contributed by atoms with Gasteiger partial charge in [0.2, 0.25) is 5.91 Å². The van der Waals surface area contributed by atoms with Crippen LogP contribution < -0.4 is 5.32 Å². The maximum atomic E-state index is 12.0. The predicted octanol–water partition coefficient (Wildman–Crippen LogP) is 4.21. The number of carbonyl (C=O) groups excluding carboxylic acids is 1. The highest BCUT2D eigenvalue weighted by atomic mass is 16.1. The van der Waals surface area contributed by atoms with Gasteiger partial charge in [0.25, 0.3) is 0 Å². The van der Waals surface area contributed by atoms with E-state index in [9.17, 15) is 4.79 Å². The number of nitrogens with one attached hydrogen (secondary N) is 1. The summed E-state index contributed by atoms with van der Waals surface area (Å²) in [5.41, 5.74) is 2.16. The fourth-order valence-corrected chi connectivity index (χ4v) is 3.90. The van der Waals surface area contributed by atoms with Gasteiger partial charge < -0.3 is 9.88 Å². The van der Waals surface area contributed by atoms with Gasteiger partial charge in [0.05, 0.1) is 11.0 Å². The van der Waals surface area contributed by atoms with Crippen LogP contribution in [0.2, 0.25) is 0 Å². The molecule has 1 aliphatic carbocycles. The van der Waals surface area contributed by atoms with Crippen LogP contribution in [0.25, 0.3) is 11.0 Å². The predicted molar refractivity (Wildman–Crippen MR) is 97.9 cm³/mol. The van der Waals surface area contributed by atoms with Crippen LogP contribution in [0.1, 0.15) is 57.2 Å². The van der Waals surface area contributed by atoms with Crippen molar-refractivity contribution in [3.8, 4) is 0 Å². The van der Waals surface area contributed by atoms with Crippen molar-refractivity contribution >= 4 is 16.9 Å². The third-order valence-electron chi connectivity index (χ3n) is 5.24. The van der Waals surface area contributed by atoms with Crippen molar-refractivity contribution in [3.63, 3.8) is 0 Å². The van der Waals surface area contributed by atoms with Crippen LogP contribution in [0.15, 0.2) is 24.3 Å². The first-order valence-corrected chi connectivity index (χ1v) is 9.42. The minimum absolute atomic E-state index is 0.188. The maximum absolute atomic E-state index is 12.0. The first-order valence-electron chi connectivity index (χ1n) is 9.42. The molecule has 0 spiro atoms. The van der Waals surface area contributed by atoms with Crippen molar-refractivity contribution in [3.05, 3.63) is 30.1 Å². The Morgan fingerprint density at radius 1 is 1.25 bits per heavy atom. The lowest BCUT2D eigenvalue weighted by molar-refractivity contribution is -0.121. The molecule has 0 unspecified atom stereocenters. The van der Waals surface area contributed by atoms with Gasteiger partial charge in [-0.2, -0.15) is 0 Å². The molecule has 1 aromatic heterocycles. The number of aryl methyl sites for hydroxylation is 1. The molecular formula is C20H29N3O. The van der Waals surface area contributed by atoms with E-state index in [1.807, 2.05) is 25.1 Å². The van der Waals surface area contributed by atoms with Crippen LogP contribution in [-0.2, 0) is 11.3 Å². The minimum Gasteiger partial charge on any atom is -0.354 e. The zero-order valence-electron chi connectivity index (χ0n) is 14.8. The van der Waals surface area contributed by atoms with E-state index in [4.69, 9.17) is 0 Å². The molecule has 4 nitrogen and oxygen atoms in total. The van der Waals surface area contributed by atoms with E-state index in [-0.39, 0.29) is 5.91 Å². The number of hydrogen-bond acceptors (Lipinski definition) is 2. The quantitative estimate of drug-likeness (QED) is 0.828. The number of nitrogens with zero attached hydrogens (tertiary/aromatic N) is 2. The lowest BCUT2D eigenvalue weighted by Gasteiger charge is -2.21.